The maximum Gasteiger partial charge on any atom is 0.319 e. The molecule has 0 unspecified atom stereocenters. The van der Waals surface area contributed by atoms with Crippen LogP contribution in [0.15, 0.2) is 42.6 Å². The van der Waals surface area contributed by atoms with Gasteiger partial charge in [-0.1, -0.05) is 6.07 Å². The van der Waals surface area contributed by atoms with E-state index in [-0.39, 0.29) is 6.03 Å². The first-order valence-corrected chi connectivity index (χ1v) is 7.88. The molecule has 0 spiro atoms. The third-order valence-corrected chi connectivity index (χ3v) is 3.85. The van der Waals surface area contributed by atoms with E-state index in [2.05, 4.69) is 20.8 Å². The molecule has 2 aromatic carbocycles. The van der Waals surface area contributed by atoms with Gasteiger partial charge in [0.25, 0.3) is 0 Å². The number of aromatic amines is 1. The number of nitrogens with zero attached hydrogens (tertiary/aromatic N) is 1. The molecule has 7 heteroatoms. The molecule has 25 heavy (non-hydrogen) atoms. The lowest BCUT2D eigenvalue weighted by atomic mass is 10.1. The first kappa shape index (κ1) is 16.6. The number of H-pyrrole nitrogens is 1. The highest BCUT2D eigenvalue weighted by atomic mass is 16.5. The van der Waals surface area contributed by atoms with Crippen LogP contribution >= 0.6 is 0 Å². The van der Waals surface area contributed by atoms with E-state index in [0.29, 0.717) is 30.2 Å². The molecule has 130 valence electrons. The third kappa shape index (κ3) is 4.00. The van der Waals surface area contributed by atoms with E-state index in [4.69, 9.17) is 9.47 Å². The van der Waals surface area contributed by atoms with Crippen LogP contribution in [0.2, 0.25) is 0 Å². The fourth-order valence-electron chi connectivity index (χ4n) is 2.55. The zero-order valence-corrected chi connectivity index (χ0v) is 14.1. The molecule has 2 amide bonds. The summed E-state index contributed by atoms with van der Waals surface area (Å²) >= 11 is 0. The van der Waals surface area contributed by atoms with Crippen LogP contribution in [0.3, 0.4) is 0 Å². The number of nitrogens with one attached hydrogen (secondary N) is 3. The number of ether oxygens (including phenoxy) is 2. The van der Waals surface area contributed by atoms with Crippen LogP contribution in [0.4, 0.5) is 10.5 Å². The summed E-state index contributed by atoms with van der Waals surface area (Å²) in [5.41, 5.74) is 2.64. The zero-order valence-electron chi connectivity index (χ0n) is 14.1. The molecular weight excluding hydrogens is 320 g/mol. The minimum atomic E-state index is -0.251. The number of amides is 2. The minimum absolute atomic E-state index is 0.251. The molecule has 0 bridgehead atoms. The minimum Gasteiger partial charge on any atom is -0.493 e. The quantitative estimate of drug-likeness (QED) is 0.644. The molecule has 0 aliphatic carbocycles. The standard InChI is InChI=1S/C18H20N4O3/c1-24-16-6-3-12(9-17(16)25-2)7-8-19-18(23)21-14-5-4-13-11-20-22-15(13)10-14/h3-6,9-11H,7-8H2,1-2H3,(H,20,22)(H2,19,21,23). The lowest BCUT2D eigenvalue weighted by molar-refractivity contribution is 0.252. The predicted octanol–water partition coefficient (Wildman–Crippen LogP) is 2.94. The maximum absolute atomic E-state index is 12.0. The Kier molecular flexibility index (Phi) is 5.03. The number of aromatic nitrogens is 2. The molecule has 0 radical (unpaired) electrons. The Morgan fingerprint density at radius 3 is 2.76 bits per heavy atom. The van der Waals surface area contributed by atoms with Gasteiger partial charge >= 0.3 is 6.03 Å². The number of hydrogen-bond donors (Lipinski definition) is 3. The number of urea groups is 1. The number of hydrogen-bond acceptors (Lipinski definition) is 4. The second-order valence-electron chi connectivity index (χ2n) is 5.49. The van der Waals surface area contributed by atoms with Crippen LogP contribution in [0.1, 0.15) is 5.56 Å². The van der Waals surface area contributed by atoms with Crippen LogP contribution in [0, 0.1) is 0 Å². The van der Waals surface area contributed by atoms with Crippen LogP contribution in [0.5, 0.6) is 11.5 Å². The number of fused-ring (bicyclic) bond motifs is 1. The van der Waals surface area contributed by atoms with Crippen molar-refractivity contribution in [2.45, 2.75) is 6.42 Å². The van der Waals surface area contributed by atoms with Crippen molar-refractivity contribution in [2.75, 3.05) is 26.1 Å². The zero-order chi connectivity index (χ0) is 17.6. The van der Waals surface area contributed by atoms with Crippen molar-refractivity contribution in [1.29, 1.82) is 0 Å². The lowest BCUT2D eigenvalue weighted by Crippen LogP contribution is -2.30. The molecule has 3 aromatic rings. The highest BCUT2D eigenvalue weighted by molar-refractivity contribution is 5.92. The summed E-state index contributed by atoms with van der Waals surface area (Å²) in [4.78, 5) is 12.0. The Morgan fingerprint density at radius 2 is 1.96 bits per heavy atom. The van der Waals surface area contributed by atoms with Gasteiger partial charge in [-0.05, 0) is 42.3 Å². The van der Waals surface area contributed by atoms with Gasteiger partial charge in [-0.3, -0.25) is 5.10 Å². The second kappa shape index (κ2) is 7.57. The van der Waals surface area contributed by atoms with Gasteiger partial charge in [0.2, 0.25) is 0 Å². The Bertz CT molecular complexity index is 876. The molecule has 7 nitrogen and oxygen atoms in total. The maximum atomic E-state index is 12.0. The van der Waals surface area contributed by atoms with Crippen LogP contribution < -0.4 is 20.1 Å². The van der Waals surface area contributed by atoms with Crippen molar-refractivity contribution in [1.82, 2.24) is 15.5 Å². The highest BCUT2D eigenvalue weighted by Crippen LogP contribution is 2.27. The van der Waals surface area contributed by atoms with Gasteiger partial charge in [0, 0.05) is 17.6 Å². The lowest BCUT2D eigenvalue weighted by Gasteiger charge is -2.10. The number of rotatable bonds is 6. The van der Waals surface area contributed by atoms with Gasteiger partial charge < -0.3 is 20.1 Å². The van der Waals surface area contributed by atoms with Gasteiger partial charge in [0.1, 0.15) is 0 Å². The summed E-state index contributed by atoms with van der Waals surface area (Å²) in [5.74, 6) is 1.36. The SMILES string of the molecule is COc1ccc(CCNC(=O)Nc2ccc3cn[nH]c3c2)cc1OC. The number of carbonyl (C=O) groups excluding carboxylic acids is 1. The highest BCUT2D eigenvalue weighted by Gasteiger charge is 2.06. The molecule has 1 heterocycles. The smallest absolute Gasteiger partial charge is 0.319 e. The number of methoxy groups -OCH3 is 2. The molecule has 0 fully saturated rings. The van der Waals surface area contributed by atoms with Gasteiger partial charge in [-0.15, -0.1) is 0 Å². The van der Waals surface area contributed by atoms with Crippen molar-refractivity contribution >= 4 is 22.6 Å². The number of benzene rings is 2. The Morgan fingerprint density at radius 1 is 1.12 bits per heavy atom. The van der Waals surface area contributed by atoms with Crippen LogP contribution in [-0.2, 0) is 6.42 Å². The number of carbonyl (C=O) groups is 1. The summed E-state index contributed by atoms with van der Waals surface area (Å²) in [5, 5.41) is 13.5. The average molecular weight is 340 g/mol. The first-order valence-electron chi connectivity index (χ1n) is 7.88. The molecule has 0 aliphatic rings. The first-order chi connectivity index (χ1) is 12.2. The fourth-order valence-corrected chi connectivity index (χ4v) is 2.55. The second-order valence-corrected chi connectivity index (χ2v) is 5.49. The van der Waals surface area contributed by atoms with E-state index in [1.165, 1.54) is 0 Å². The van der Waals surface area contributed by atoms with Gasteiger partial charge in [-0.2, -0.15) is 5.10 Å². The van der Waals surface area contributed by atoms with E-state index in [1.807, 2.05) is 36.4 Å². The van der Waals surface area contributed by atoms with E-state index in [9.17, 15) is 4.79 Å². The Hall–Kier alpha value is -3.22. The van der Waals surface area contributed by atoms with E-state index < -0.39 is 0 Å². The molecule has 3 rings (SSSR count). The number of anilines is 1. The third-order valence-electron chi connectivity index (χ3n) is 3.85. The largest absolute Gasteiger partial charge is 0.493 e. The predicted molar refractivity (Wildman–Crippen MR) is 96.4 cm³/mol. The van der Waals surface area contributed by atoms with Crippen molar-refractivity contribution in [2.24, 2.45) is 0 Å². The van der Waals surface area contributed by atoms with E-state index in [0.717, 1.165) is 16.5 Å². The Labute approximate surface area is 145 Å². The summed E-state index contributed by atoms with van der Waals surface area (Å²) in [6.07, 6.45) is 2.43. The molecular formula is C18H20N4O3. The molecule has 0 saturated carbocycles. The molecule has 1 aromatic heterocycles. The molecule has 0 atom stereocenters. The van der Waals surface area contributed by atoms with Gasteiger partial charge in [0.15, 0.2) is 11.5 Å². The molecule has 3 N–H and O–H groups in total. The van der Waals surface area contributed by atoms with Crippen molar-refractivity contribution in [3.8, 4) is 11.5 Å². The van der Waals surface area contributed by atoms with E-state index >= 15 is 0 Å². The summed E-state index contributed by atoms with van der Waals surface area (Å²) < 4.78 is 10.5. The summed E-state index contributed by atoms with van der Waals surface area (Å²) in [7, 11) is 3.20. The summed E-state index contributed by atoms with van der Waals surface area (Å²) in [6.45, 7) is 0.508. The summed E-state index contributed by atoms with van der Waals surface area (Å²) in [6, 6.07) is 11.0. The van der Waals surface area contributed by atoms with Crippen molar-refractivity contribution in [3.63, 3.8) is 0 Å². The van der Waals surface area contributed by atoms with Crippen molar-refractivity contribution in [3.05, 3.63) is 48.2 Å². The van der Waals surface area contributed by atoms with E-state index in [1.54, 1.807) is 20.4 Å². The molecule has 0 saturated heterocycles. The van der Waals surface area contributed by atoms with Crippen LogP contribution in [0.25, 0.3) is 10.9 Å². The Balaban J connectivity index is 1.52. The normalized spacial score (nSPS) is 10.5. The monoisotopic (exact) mass is 340 g/mol. The average Bonchev–Trinajstić information content (AvgIpc) is 3.09. The van der Waals surface area contributed by atoms with Gasteiger partial charge in [-0.25, -0.2) is 4.79 Å². The topological polar surface area (TPSA) is 88.3 Å². The fraction of sp³-hybridized carbons (Fsp3) is 0.222. The van der Waals surface area contributed by atoms with Gasteiger partial charge in [0.05, 0.1) is 25.9 Å². The molecule has 0 aliphatic heterocycles. The van der Waals surface area contributed by atoms with Crippen molar-refractivity contribution < 1.29 is 14.3 Å². The van der Waals surface area contributed by atoms with Crippen LogP contribution in [-0.4, -0.2) is 37.0 Å².